The molecule has 0 N–H and O–H groups in total. The summed E-state index contributed by atoms with van der Waals surface area (Å²) < 4.78 is 22.6. The monoisotopic (exact) mass is 836 g/mol. The second-order valence-corrected chi connectivity index (χ2v) is 16.0. The second-order valence-electron chi connectivity index (χ2n) is 15.1. The predicted octanol–water partition coefficient (Wildman–Crippen LogP) is 15.2. The first-order valence-electron chi connectivity index (χ1n) is 19.7. The fraction of sp³-hybridized carbons (Fsp3) is 0. The first kappa shape index (κ1) is 33.3. The lowest BCUT2D eigenvalue weighted by Crippen LogP contribution is -2.11. The van der Waals surface area contributed by atoms with Crippen molar-refractivity contribution in [3.8, 4) is 16.8 Å². The van der Waals surface area contributed by atoms with Crippen LogP contribution < -0.4 is 4.90 Å². The lowest BCUT2D eigenvalue weighted by atomic mass is 10.0. The van der Waals surface area contributed by atoms with Gasteiger partial charge in [0.25, 0.3) is 0 Å². The molecule has 13 rings (SSSR count). The van der Waals surface area contributed by atoms with E-state index in [2.05, 4.69) is 157 Å². The van der Waals surface area contributed by atoms with Crippen LogP contribution in [0.4, 0.5) is 17.1 Å². The van der Waals surface area contributed by atoms with Gasteiger partial charge >= 0.3 is 0 Å². The van der Waals surface area contributed by atoms with Crippen LogP contribution in [0.3, 0.4) is 0 Å². The number of para-hydroxylation sites is 2. The Hall–Kier alpha value is -7.68. The lowest BCUT2D eigenvalue weighted by Gasteiger charge is -2.28. The van der Waals surface area contributed by atoms with Crippen molar-refractivity contribution in [2.24, 2.45) is 0 Å². The Morgan fingerprint density at radius 3 is 1.85 bits per heavy atom. The zero-order chi connectivity index (χ0) is 39.5. The van der Waals surface area contributed by atoms with Crippen LogP contribution in [0.25, 0.3) is 104 Å². The first-order valence-corrected chi connectivity index (χ1v) is 20.5. The normalized spacial score (nSPS) is 12.1. The van der Waals surface area contributed by atoms with Gasteiger partial charge in [-0.3, -0.25) is 9.97 Å². The fourth-order valence-corrected chi connectivity index (χ4v) is 9.64. The SMILES string of the molecule is Brc1ccccc1-c1ccccc1N(c1ccc2c(c1)oc1ccncc12)c1ccc2c3cc4c(cc3n(-c3ccc5oc6ccncc6c5c3)c2c1)oc1ccccc14. The van der Waals surface area contributed by atoms with Crippen LogP contribution in [-0.4, -0.2) is 14.5 Å². The van der Waals surface area contributed by atoms with Gasteiger partial charge in [-0.25, -0.2) is 0 Å². The van der Waals surface area contributed by atoms with Crippen molar-refractivity contribution in [2.45, 2.75) is 0 Å². The Balaban J connectivity index is 1.11. The third kappa shape index (κ3) is 4.88. The highest BCUT2D eigenvalue weighted by molar-refractivity contribution is 9.10. The van der Waals surface area contributed by atoms with Gasteiger partial charge in [0.05, 0.1) is 16.7 Å². The average Bonchev–Trinajstić information content (AvgIpc) is 4.04. The molecule has 60 heavy (non-hydrogen) atoms. The molecule has 0 bridgehead atoms. The first-order chi connectivity index (χ1) is 29.6. The molecule has 0 radical (unpaired) electrons. The standard InChI is InChI=1S/C52H29BrN4O3/c53-43-10-4-1-7-33(43)34-8-2-5-11-44(34)56(32-14-17-37-41-28-54-21-19-49(41)60-51(37)25-32)31-13-16-35-38-26-40-36-9-3-6-12-47(36)59-52(40)27-46(38)57(45(35)24-31)30-15-18-48-39(23-30)42-29-55-22-20-50(42)58-48/h1-29H. The van der Waals surface area contributed by atoms with Crippen LogP contribution in [-0.2, 0) is 0 Å². The molecule has 13 aromatic rings. The van der Waals surface area contributed by atoms with Gasteiger partial charge in [0.2, 0.25) is 0 Å². The second kappa shape index (κ2) is 12.7. The van der Waals surface area contributed by atoms with Gasteiger partial charge in [0.1, 0.15) is 33.5 Å². The maximum atomic E-state index is 6.50. The number of aromatic nitrogens is 3. The van der Waals surface area contributed by atoms with Gasteiger partial charge in [0, 0.05) is 107 Å². The Kier molecular flexibility index (Phi) is 7.03. The molecular weight excluding hydrogens is 809 g/mol. The Bertz CT molecular complexity index is 3890. The van der Waals surface area contributed by atoms with Crippen LogP contribution in [0, 0.1) is 0 Å². The maximum absolute atomic E-state index is 6.50. The molecule has 0 fully saturated rings. The summed E-state index contributed by atoms with van der Waals surface area (Å²) in [7, 11) is 0. The zero-order valence-electron chi connectivity index (χ0n) is 31.6. The number of nitrogens with zero attached hydrogens (tertiary/aromatic N) is 4. The molecule has 0 amide bonds. The Labute approximate surface area is 349 Å². The molecular formula is C52H29BrN4O3. The van der Waals surface area contributed by atoms with Crippen molar-refractivity contribution < 1.29 is 13.3 Å². The molecule has 7 aromatic carbocycles. The number of halogens is 1. The van der Waals surface area contributed by atoms with E-state index in [1.165, 1.54) is 0 Å². The van der Waals surface area contributed by atoms with Crippen molar-refractivity contribution in [1.29, 1.82) is 0 Å². The van der Waals surface area contributed by atoms with E-state index < -0.39 is 0 Å². The third-order valence-corrected chi connectivity index (χ3v) is 12.5. The number of furan rings is 3. The van der Waals surface area contributed by atoms with E-state index >= 15 is 0 Å². The van der Waals surface area contributed by atoms with Crippen molar-refractivity contribution in [1.82, 2.24) is 14.5 Å². The van der Waals surface area contributed by atoms with E-state index in [1.54, 1.807) is 12.4 Å². The van der Waals surface area contributed by atoms with E-state index in [1.807, 2.05) is 42.7 Å². The van der Waals surface area contributed by atoms with Crippen molar-refractivity contribution >= 4 is 121 Å². The van der Waals surface area contributed by atoms with E-state index in [-0.39, 0.29) is 0 Å². The smallest absolute Gasteiger partial charge is 0.138 e. The van der Waals surface area contributed by atoms with Gasteiger partial charge in [0.15, 0.2) is 0 Å². The summed E-state index contributed by atoms with van der Waals surface area (Å²) in [6.45, 7) is 0. The number of pyridine rings is 2. The van der Waals surface area contributed by atoms with Crippen LogP contribution in [0.2, 0.25) is 0 Å². The molecule has 8 heteroatoms. The highest BCUT2D eigenvalue weighted by atomic mass is 79.9. The Morgan fingerprint density at radius 2 is 1.02 bits per heavy atom. The van der Waals surface area contributed by atoms with Crippen molar-refractivity contribution in [3.63, 3.8) is 0 Å². The van der Waals surface area contributed by atoms with Crippen molar-refractivity contribution in [3.05, 3.63) is 181 Å². The summed E-state index contributed by atoms with van der Waals surface area (Å²) in [4.78, 5) is 11.2. The van der Waals surface area contributed by atoms with Gasteiger partial charge < -0.3 is 22.7 Å². The molecule has 6 aromatic heterocycles. The molecule has 0 saturated carbocycles. The topological polar surface area (TPSA) is 73.4 Å². The minimum Gasteiger partial charge on any atom is -0.456 e. The molecule has 7 nitrogen and oxygen atoms in total. The molecule has 0 aliphatic heterocycles. The predicted molar refractivity (Wildman–Crippen MR) is 246 cm³/mol. The highest BCUT2D eigenvalue weighted by Gasteiger charge is 2.23. The summed E-state index contributed by atoms with van der Waals surface area (Å²) in [5.41, 5.74) is 13.1. The highest BCUT2D eigenvalue weighted by Crippen LogP contribution is 2.46. The quantitative estimate of drug-likeness (QED) is 0.172. The molecule has 0 atom stereocenters. The van der Waals surface area contributed by atoms with Gasteiger partial charge in [-0.05, 0) is 84.4 Å². The number of benzene rings is 7. The zero-order valence-corrected chi connectivity index (χ0v) is 33.2. The molecule has 0 unspecified atom stereocenters. The van der Waals surface area contributed by atoms with Crippen molar-refractivity contribution in [2.75, 3.05) is 4.90 Å². The minimum absolute atomic E-state index is 0.791. The number of hydrogen-bond donors (Lipinski definition) is 0. The van der Waals surface area contributed by atoms with Gasteiger partial charge in [-0.2, -0.15) is 0 Å². The average molecular weight is 838 g/mol. The minimum atomic E-state index is 0.791. The van der Waals surface area contributed by atoms with Crippen LogP contribution in [0.1, 0.15) is 0 Å². The summed E-state index contributed by atoms with van der Waals surface area (Å²) in [5.74, 6) is 0. The maximum Gasteiger partial charge on any atom is 0.138 e. The molecule has 282 valence electrons. The summed E-state index contributed by atoms with van der Waals surface area (Å²) >= 11 is 3.87. The van der Waals surface area contributed by atoms with E-state index in [9.17, 15) is 0 Å². The summed E-state index contributed by atoms with van der Waals surface area (Å²) in [6.07, 6.45) is 7.28. The third-order valence-electron chi connectivity index (χ3n) is 11.8. The number of fused-ring (bicyclic) bond motifs is 12. The van der Waals surface area contributed by atoms with E-state index in [0.29, 0.717) is 0 Å². The molecule has 0 saturated heterocycles. The van der Waals surface area contributed by atoms with Gasteiger partial charge in [-0.15, -0.1) is 0 Å². The van der Waals surface area contributed by atoms with Gasteiger partial charge in [-0.1, -0.05) is 76.6 Å². The molecule has 6 heterocycles. The Morgan fingerprint density at radius 1 is 0.417 bits per heavy atom. The number of anilines is 3. The van der Waals surface area contributed by atoms with Crippen LogP contribution >= 0.6 is 15.9 Å². The largest absolute Gasteiger partial charge is 0.456 e. The summed E-state index contributed by atoms with van der Waals surface area (Å²) in [6, 6.07) is 53.1. The number of rotatable bonds is 5. The van der Waals surface area contributed by atoms with Crippen LogP contribution in [0.5, 0.6) is 0 Å². The van der Waals surface area contributed by atoms with E-state index in [4.69, 9.17) is 13.3 Å². The van der Waals surface area contributed by atoms with E-state index in [0.717, 1.165) is 126 Å². The lowest BCUT2D eigenvalue weighted by molar-refractivity contribution is 0.668. The van der Waals surface area contributed by atoms with Crippen LogP contribution in [0.15, 0.2) is 194 Å². The molecule has 0 aliphatic carbocycles. The number of hydrogen-bond acceptors (Lipinski definition) is 6. The fourth-order valence-electron chi connectivity index (χ4n) is 9.14. The molecule has 0 aliphatic rings. The molecule has 0 spiro atoms. The summed E-state index contributed by atoms with van der Waals surface area (Å²) in [5, 5.41) is 8.42.